The summed E-state index contributed by atoms with van der Waals surface area (Å²) in [6.45, 7) is -2.34. The van der Waals surface area contributed by atoms with Crippen molar-refractivity contribution in [1.82, 2.24) is 4.72 Å². The molecule has 5 nitrogen and oxygen atoms in total. The number of nitrogens with one attached hydrogen (secondary N) is 1. The van der Waals surface area contributed by atoms with Crippen LogP contribution in [0.1, 0.15) is 0 Å². The highest BCUT2D eigenvalue weighted by Crippen LogP contribution is 2.25. The van der Waals surface area contributed by atoms with Crippen molar-refractivity contribution in [3.8, 4) is 5.75 Å². The Bertz CT molecular complexity index is 594. The van der Waals surface area contributed by atoms with Crippen molar-refractivity contribution in [2.75, 3.05) is 13.1 Å². The molecule has 1 rings (SSSR count). The van der Waals surface area contributed by atoms with Gasteiger partial charge in [-0.3, -0.25) is 0 Å². The van der Waals surface area contributed by atoms with Gasteiger partial charge in [0.05, 0.1) is 18.0 Å². The Balaban J connectivity index is 0.00000441. The van der Waals surface area contributed by atoms with Crippen LogP contribution in [0.25, 0.3) is 0 Å². The van der Waals surface area contributed by atoms with Gasteiger partial charge >= 0.3 is 6.36 Å². The first kappa shape index (κ1) is 20.8. The summed E-state index contributed by atoms with van der Waals surface area (Å²) in [6.07, 6.45) is -5.00. The number of alkyl halides is 5. The van der Waals surface area contributed by atoms with Crippen molar-refractivity contribution in [2.45, 2.75) is 17.2 Å². The lowest BCUT2D eigenvalue weighted by Gasteiger charge is -2.15. The van der Waals surface area contributed by atoms with Crippen molar-refractivity contribution < 1.29 is 35.1 Å². The molecule has 0 saturated heterocycles. The summed E-state index contributed by atoms with van der Waals surface area (Å²) < 4.78 is 90.3. The molecule has 0 unspecified atom stereocenters. The van der Waals surface area contributed by atoms with Crippen LogP contribution in [0.4, 0.5) is 22.0 Å². The van der Waals surface area contributed by atoms with Crippen LogP contribution in [0.15, 0.2) is 29.2 Å². The highest BCUT2D eigenvalue weighted by Gasteiger charge is 2.32. The minimum absolute atomic E-state index is 0. The lowest BCUT2D eigenvalue weighted by molar-refractivity contribution is -0.274. The average molecular weight is 371 g/mol. The Labute approximate surface area is 129 Å². The van der Waals surface area contributed by atoms with Gasteiger partial charge in [0.2, 0.25) is 10.0 Å². The largest absolute Gasteiger partial charge is 0.573 e. The number of sulfonamides is 1. The van der Waals surface area contributed by atoms with Crippen molar-refractivity contribution in [1.29, 1.82) is 0 Å². The smallest absolute Gasteiger partial charge is 0.406 e. The molecule has 0 atom stereocenters. The highest BCUT2D eigenvalue weighted by molar-refractivity contribution is 7.89. The first-order valence-corrected chi connectivity index (χ1v) is 6.87. The maximum atomic E-state index is 12.9. The first-order chi connectivity index (χ1) is 9.45. The maximum Gasteiger partial charge on any atom is 0.573 e. The summed E-state index contributed by atoms with van der Waals surface area (Å²) in [5.74, 6) is -4.25. The quantitative estimate of drug-likeness (QED) is 0.749. The molecule has 0 bridgehead atoms. The third-order valence-corrected chi connectivity index (χ3v) is 3.57. The van der Waals surface area contributed by atoms with Crippen LogP contribution in [-0.2, 0) is 10.0 Å². The minimum atomic E-state index is -5.00. The molecule has 0 fully saturated rings. The zero-order valence-corrected chi connectivity index (χ0v) is 12.4. The monoisotopic (exact) mass is 370 g/mol. The molecule has 0 aliphatic heterocycles. The second-order valence-corrected chi connectivity index (χ2v) is 5.67. The molecule has 128 valence electrons. The fraction of sp³-hybridized carbons (Fsp3) is 0.400. The maximum absolute atomic E-state index is 12.9. The van der Waals surface area contributed by atoms with E-state index in [1.807, 2.05) is 0 Å². The van der Waals surface area contributed by atoms with Crippen LogP contribution >= 0.6 is 12.4 Å². The Morgan fingerprint density at radius 2 is 1.77 bits per heavy atom. The highest BCUT2D eigenvalue weighted by atomic mass is 35.5. The normalized spacial score (nSPS) is 12.6. The van der Waals surface area contributed by atoms with Gasteiger partial charge in [-0.15, -0.1) is 25.6 Å². The molecule has 0 saturated carbocycles. The molecule has 1 aromatic rings. The molecule has 3 N–H and O–H groups in total. The molecule has 0 heterocycles. The van der Waals surface area contributed by atoms with E-state index in [2.05, 4.69) is 4.74 Å². The van der Waals surface area contributed by atoms with Crippen molar-refractivity contribution in [3.05, 3.63) is 24.3 Å². The summed E-state index contributed by atoms with van der Waals surface area (Å²) in [6, 6.07) is 3.36. The Morgan fingerprint density at radius 1 is 1.18 bits per heavy atom. The van der Waals surface area contributed by atoms with Gasteiger partial charge in [-0.25, -0.2) is 21.9 Å². The lowest BCUT2D eigenvalue weighted by atomic mass is 10.3. The number of hydrogen-bond acceptors (Lipinski definition) is 4. The van der Waals surface area contributed by atoms with Crippen LogP contribution in [0, 0.1) is 0 Å². The number of nitrogens with two attached hydrogens (primary N) is 1. The van der Waals surface area contributed by atoms with E-state index in [-0.39, 0.29) is 12.4 Å². The molecule has 22 heavy (non-hydrogen) atoms. The predicted octanol–water partition coefficient (Wildman–Crippen LogP) is 1.88. The number of benzene rings is 1. The molecule has 1 aromatic carbocycles. The molecule has 0 amide bonds. The molecule has 0 spiro atoms. The Kier molecular flexibility index (Phi) is 7.00. The fourth-order valence-electron chi connectivity index (χ4n) is 1.19. The lowest BCUT2D eigenvalue weighted by Crippen LogP contribution is -2.41. The molecule has 0 aliphatic rings. The molecular formula is C10H12ClF5N2O3S. The molecule has 0 aromatic heterocycles. The van der Waals surface area contributed by atoms with E-state index >= 15 is 0 Å². The fourth-order valence-corrected chi connectivity index (χ4v) is 2.29. The van der Waals surface area contributed by atoms with Crippen molar-refractivity contribution in [2.24, 2.45) is 5.73 Å². The van der Waals surface area contributed by atoms with Gasteiger partial charge < -0.3 is 10.5 Å². The second-order valence-electron chi connectivity index (χ2n) is 3.91. The number of rotatable bonds is 6. The topological polar surface area (TPSA) is 81.4 Å². The van der Waals surface area contributed by atoms with E-state index in [0.717, 1.165) is 18.2 Å². The Hall–Kier alpha value is -1.17. The van der Waals surface area contributed by atoms with Gasteiger partial charge in [-0.05, 0) is 12.1 Å². The van der Waals surface area contributed by atoms with Crippen LogP contribution in [0.5, 0.6) is 5.75 Å². The van der Waals surface area contributed by atoms with E-state index < -0.39 is 46.0 Å². The van der Waals surface area contributed by atoms with Crippen LogP contribution < -0.4 is 15.2 Å². The van der Waals surface area contributed by atoms with Gasteiger partial charge in [-0.1, -0.05) is 6.07 Å². The first-order valence-electron chi connectivity index (χ1n) is 5.39. The number of ether oxygens (including phenoxy) is 1. The van der Waals surface area contributed by atoms with E-state index in [9.17, 15) is 30.4 Å². The van der Waals surface area contributed by atoms with E-state index in [0.29, 0.717) is 6.07 Å². The van der Waals surface area contributed by atoms with Gasteiger partial charge in [-0.2, -0.15) is 0 Å². The summed E-state index contributed by atoms with van der Waals surface area (Å²) in [5, 5.41) is 0. The van der Waals surface area contributed by atoms with Crippen LogP contribution in [0.3, 0.4) is 0 Å². The third kappa shape index (κ3) is 6.73. The van der Waals surface area contributed by atoms with Crippen molar-refractivity contribution >= 4 is 22.4 Å². The third-order valence-electron chi connectivity index (χ3n) is 2.17. The van der Waals surface area contributed by atoms with Gasteiger partial charge in [0.15, 0.2) is 0 Å². The predicted molar refractivity (Wildman–Crippen MR) is 69.6 cm³/mol. The van der Waals surface area contributed by atoms with E-state index in [4.69, 9.17) is 5.73 Å². The SMILES string of the molecule is Cl.NCC(F)(F)CNS(=O)(=O)c1cccc(OC(F)(F)F)c1. The van der Waals surface area contributed by atoms with Crippen LogP contribution in [-0.4, -0.2) is 33.8 Å². The average Bonchev–Trinajstić information content (AvgIpc) is 2.35. The Morgan fingerprint density at radius 3 is 2.27 bits per heavy atom. The minimum Gasteiger partial charge on any atom is -0.406 e. The standard InChI is InChI=1S/C10H11F5N2O3S.ClH/c11-9(12,5-16)6-17-21(18,19)8-3-1-2-7(4-8)20-10(13,14)15;/h1-4,17H,5-6,16H2;1H. The zero-order chi connectivity index (χ0) is 16.3. The summed E-state index contributed by atoms with van der Waals surface area (Å²) >= 11 is 0. The van der Waals surface area contributed by atoms with Gasteiger partial charge in [0.25, 0.3) is 5.92 Å². The zero-order valence-electron chi connectivity index (χ0n) is 10.7. The van der Waals surface area contributed by atoms with Crippen molar-refractivity contribution in [3.63, 3.8) is 0 Å². The molecule has 0 radical (unpaired) electrons. The number of halogens is 6. The molecule has 12 heteroatoms. The second kappa shape index (κ2) is 7.40. The van der Waals surface area contributed by atoms with E-state index in [1.54, 1.807) is 4.72 Å². The van der Waals surface area contributed by atoms with E-state index in [1.165, 1.54) is 0 Å². The number of hydrogen-bond donors (Lipinski definition) is 2. The van der Waals surface area contributed by atoms with Gasteiger partial charge in [0, 0.05) is 6.07 Å². The summed E-state index contributed by atoms with van der Waals surface area (Å²) in [5.41, 5.74) is 4.74. The van der Waals surface area contributed by atoms with Gasteiger partial charge in [0.1, 0.15) is 5.75 Å². The van der Waals surface area contributed by atoms with Crippen LogP contribution in [0.2, 0.25) is 0 Å². The summed E-state index contributed by atoms with van der Waals surface area (Å²) in [7, 11) is -4.41. The molecular weight excluding hydrogens is 359 g/mol. The molecule has 0 aliphatic carbocycles. The summed E-state index contributed by atoms with van der Waals surface area (Å²) in [4.78, 5) is -0.642.